The minimum absolute atomic E-state index is 0.0808. The predicted octanol–water partition coefficient (Wildman–Crippen LogP) is 3.44. The van der Waals surface area contributed by atoms with Crippen LogP contribution in [0.15, 0.2) is 48.5 Å². The van der Waals surface area contributed by atoms with E-state index in [9.17, 15) is 9.59 Å². The molecule has 2 bridgehead atoms. The normalized spacial score (nSPS) is 29.6. The lowest BCUT2D eigenvalue weighted by molar-refractivity contribution is -0.160. The number of carbonyl (C=O) groups excluding carboxylic acids is 2. The molecule has 1 saturated heterocycles. The van der Waals surface area contributed by atoms with Crippen molar-refractivity contribution >= 4 is 17.5 Å². The number of para-hydroxylation sites is 3. The second-order valence-corrected chi connectivity index (χ2v) is 8.06. The van der Waals surface area contributed by atoms with Crippen LogP contribution in [0.4, 0.5) is 5.69 Å². The molecule has 1 aliphatic carbocycles. The number of hydrogen-bond acceptors (Lipinski definition) is 4. The van der Waals surface area contributed by atoms with Gasteiger partial charge in [0.1, 0.15) is 17.4 Å². The van der Waals surface area contributed by atoms with Crippen LogP contribution in [-0.4, -0.2) is 24.6 Å². The van der Waals surface area contributed by atoms with Crippen molar-refractivity contribution in [1.29, 1.82) is 0 Å². The van der Waals surface area contributed by atoms with Gasteiger partial charge in [0, 0.05) is 18.3 Å². The molecule has 4 unspecified atom stereocenters. The molecule has 2 fully saturated rings. The number of carbonyl (C=O) groups is 2. The number of ether oxygens (including phenoxy) is 2. The maximum atomic E-state index is 13.4. The first kappa shape index (κ1) is 18.0. The van der Waals surface area contributed by atoms with Crippen LogP contribution in [-0.2, 0) is 9.59 Å². The third-order valence-electron chi connectivity index (χ3n) is 6.54. The van der Waals surface area contributed by atoms with Gasteiger partial charge in [-0.25, -0.2) is 0 Å². The molecule has 2 N–H and O–H groups in total. The summed E-state index contributed by atoms with van der Waals surface area (Å²) in [5.41, 5.74) is 0.814. The van der Waals surface area contributed by atoms with Crippen molar-refractivity contribution in [2.24, 2.45) is 11.8 Å². The Morgan fingerprint density at radius 3 is 2.83 bits per heavy atom. The molecule has 2 aliphatic heterocycles. The topological polar surface area (TPSA) is 76.7 Å². The highest BCUT2D eigenvalue weighted by molar-refractivity contribution is 6.08. The Kier molecular flexibility index (Phi) is 4.23. The molecule has 4 atom stereocenters. The number of benzene rings is 2. The van der Waals surface area contributed by atoms with E-state index in [1.54, 1.807) is 19.2 Å². The van der Waals surface area contributed by atoms with Crippen LogP contribution >= 0.6 is 0 Å². The van der Waals surface area contributed by atoms with Crippen molar-refractivity contribution in [2.75, 3.05) is 12.4 Å². The van der Waals surface area contributed by atoms with Gasteiger partial charge in [-0.3, -0.25) is 9.59 Å². The average molecular weight is 392 g/mol. The van der Waals surface area contributed by atoms with Gasteiger partial charge >= 0.3 is 0 Å². The molecule has 150 valence electrons. The first-order valence-corrected chi connectivity index (χ1v) is 10.2. The van der Waals surface area contributed by atoms with Gasteiger partial charge in [-0.05, 0) is 36.6 Å². The predicted molar refractivity (Wildman–Crippen MR) is 108 cm³/mol. The zero-order chi connectivity index (χ0) is 20.0. The van der Waals surface area contributed by atoms with E-state index < -0.39 is 11.6 Å². The Labute approximate surface area is 169 Å². The van der Waals surface area contributed by atoms with Gasteiger partial charge < -0.3 is 20.1 Å². The van der Waals surface area contributed by atoms with Gasteiger partial charge in [0.25, 0.3) is 0 Å². The largest absolute Gasteiger partial charge is 0.495 e. The van der Waals surface area contributed by atoms with E-state index in [0.717, 1.165) is 37.0 Å². The molecular formula is C23H24N2O4. The lowest BCUT2D eigenvalue weighted by Crippen LogP contribution is -2.69. The zero-order valence-corrected chi connectivity index (χ0v) is 16.3. The fraction of sp³-hybridized carbons (Fsp3) is 0.391. The van der Waals surface area contributed by atoms with E-state index >= 15 is 0 Å². The van der Waals surface area contributed by atoms with Crippen molar-refractivity contribution in [3.05, 3.63) is 54.1 Å². The number of fused-ring (bicyclic) bond motifs is 2. The summed E-state index contributed by atoms with van der Waals surface area (Å²) in [5.74, 6) is -0.188. The van der Waals surface area contributed by atoms with Crippen LogP contribution in [0.5, 0.6) is 11.5 Å². The second kappa shape index (κ2) is 6.79. The van der Waals surface area contributed by atoms with Gasteiger partial charge in [0.2, 0.25) is 11.8 Å². The first-order chi connectivity index (χ1) is 14.1. The lowest BCUT2D eigenvalue weighted by atomic mass is 9.62. The summed E-state index contributed by atoms with van der Waals surface area (Å²) in [4.78, 5) is 26.5. The van der Waals surface area contributed by atoms with Crippen LogP contribution in [0.3, 0.4) is 0 Å². The second-order valence-electron chi connectivity index (χ2n) is 8.06. The van der Waals surface area contributed by atoms with Crippen molar-refractivity contribution in [3.63, 3.8) is 0 Å². The summed E-state index contributed by atoms with van der Waals surface area (Å²) >= 11 is 0. The lowest BCUT2D eigenvalue weighted by Gasteiger charge is -2.55. The SMILES string of the molecule is COc1ccccc1NC(=O)C1C(=O)NC23CCCCC2C1c1ccccc1O3. The quantitative estimate of drug-likeness (QED) is 0.785. The summed E-state index contributed by atoms with van der Waals surface area (Å²) in [5, 5.41) is 6.02. The minimum atomic E-state index is -0.818. The molecule has 2 amide bonds. The Morgan fingerprint density at radius 2 is 1.97 bits per heavy atom. The average Bonchev–Trinajstić information content (AvgIpc) is 2.73. The third-order valence-corrected chi connectivity index (χ3v) is 6.54. The summed E-state index contributed by atoms with van der Waals surface area (Å²) in [6.07, 6.45) is 3.78. The van der Waals surface area contributed by atoms with Crippen molar-refractivity contribution in [2.45, 2.75) is 37.3 Å². The molecule has 1 saturated carbocycles. The van der Waals surface area contributed by atoms with Gasteiger partial charge in [0.15, 0.2) is 5.72 Å². The van der Waals surface area contributed by atoms with Crippen LogP contribution < -0.4 is 20.1 Å². The maximum absolute atomic E-state index is 13.4. The number of nitrogens with one attached hydrogen (secondary N) is 2. The summed E-state index contributed by atoms with van der Waals surface area (Å²) in [6.45, 7) is 0. The minimum Gasteiger partial charge on any atom is -0.495 e. The molecular weight excluding hydrogens is 368 g/mol. The van der Waals surface area contributed by atoms with E-state index in [1.165, 1.54) is 0 Å². The molecule has 6 nitrogen and oxygen atoms in total. The first-order valence-electron chi connectivity index (χ1n) is 10.2. The van der Waals surface area contributed by atoms with Crippen molar-refractivity contribution in [1.82, 2.24) is 5.32 Å². The van der Waals surface area contributed by atoms with E-state index in [4.69, 9.17) is 9.47 Å². The Hall–Kier alpha value is -3.02. The Balaban J connectivity index is 1.55. The van der Waals surface area contributed by atoms with Gasteiger partial charge in [0.05, 0.1) is 12.8 Å². The van der Waals surface area contributed by atoms with E-state index in [2.05, 4.69) is 10.6 Å². The molecule has 2 aromatic rings. The van der Waals surface area contributed by atoms with Crippen LogP contribution in [0, 0.1) is 11.8 Å². The Bertz CT molecular complexity index is 975. The summed E-state index contributed by atoms with van der Waals surface area (Å²) in [6, 6.07) is 15.0. The molecule has 0 spiro atoms. The molecule has 5 rings (SSSR count). The number of rotatable bonds is 3. The molecule has 0 radical (unpaired) electrons. The molecule has 6 heteroatoms. The number of hydrogen-bond donors (Lipinski definition) is 2. The highest BCUT2D eigenvalue weighted by atomic mass is 16.5. The van der Waals surface area contributed by atoms with Crippen LogP contribution in [0.25, 0.3) is 0 Å². The highest BCUT2D eigenvalue weighted by Gasteiger charge is 2.60. The molecule has 0 aromatic heterocycles. The smallest absolute Gasteiger partial charge is 0.237 e. The van der Waals surface area contributed by atoms with Gasteiger partial charge in [-0.2, -0.15) is 0 Å². The van der Waals surface area contributed by atoms with Crippen LogP contribution in [0.2, 0.25) is 0 Å². The summed E-state index contributed by atoms with van der Waals surface area (Å²) < 4.78 is 11.7. The van der Waals surface area contributed by atoms with Gasteiger partial charge in [-0.1, -0.05) is 36.8 Å². The third kappa shape index (κ3) is 2.77. The van der Waals surface area contributed by atoms with E-state index in [0.29, 0.717) is 11.4 Å². The zero-order valence-electron chi connectivity index (χ0n) is 16.3. The number of amides is 2. The van der Waals surface area contributed by atoms with E-state index in [1.807, 2.05) is 36.4 Å². The van der Waals surface area contributed by atoms with E-state index in [-0.39, 0.29) is 23.7 Å². The highest BCUT2D eigenvalue weighted by Crippen LogP contribution is 2.55. The van der Waals surface area contributed by atoms with Crippen LogP contribution in [0.1, 0.15) is 37.2 Å². The standard InChI is InChI=1S/C23H24N2O4/c1-28-18-12-5-3-10-16(18)24-21(26)20-19-14-8-2-4-11-17(14)29-23(25-22(20)27)13-7-6-9-15(19)23/h2-5,8,10-12,15,19-20H,6-7,9,13H2,1H3,(H,24,26)(H,25,27). The molecule has 3 aliphatic rings. The van der Waals surface area contributed by atoms with Gasteiger partial charge in [-0.15, -0.1) is 0 Å². The Morgan fingerprint density at radius 1 is 1.17 bits per heavy atom. The summed E-state index contributed by atoms with van der Waals surface area (Å²) in [7, 11) is 1.56. The monoisotopic (exact) mass is 392 g/mol. The maximum Gasteiger partial charge on any atom is 0.237 e. The molecule has 2 heterocycles. The number of methoxy groups -OCH3 is 1. The fourth-order valence-corrected chi connectivity index (χ4v) is 5.31. The number of anilines is 1. The molecule has 2 aromatic carbocycles. The van der Waals surface area contributed by atoms with Crippen molar-refractivity contribution in [3.8, 4) is 11.5 Å². The van der Waals surface area contributed by atoms with Crippen molar-refractivity contribution < 1.29 is 19.1 Å². The number of piperidine rings is 1. The fourth-order valence-electron chi connectivity index (χ4n) is 5.31. The molecule has 29 heavy (non-hydrogen) atoms.